The quantitative estimate of drug-likeness (QED) is 0.542. The summed E-state index contributed by atoms with van der Waals surface area (Å²) in [4.78, 5) is 18.8. The summed E-state index contributed by atoms with van der Waals surface area (Å²) < 4.78 is 0.810. The average Bonchev–Trinajstić information content (AvgIpc) is 2.88. The highest BCUT2D eigenvalue weighted by atomic mass is 32.1. The van der Waals surface area contributed by atoms with Gasteiger partial charge in [0.1, 0.15) is 5.01 Å². The van der Waals surface area contributed by atoms with Gasteiger partial charge in [0.25, 0.3) is 5.69 Å². The van der Waals surface area contributed by atoms with E-state index in [1.807, 2.05) is 24.3 Å². The molecule has 0 saturated carbocycles. The zero-order valence-electron chi connectivity index (χ0n) is 10.3. The van der Waals surface area contributed by atoms with Crippen molar-refractivity contribution in [1.82, 2.24) is 9.97 Å². The van der Waals surface area contributed by atoms with Gasteiger partial charge in [0.2, 0.25) is 0 Å². The van der Waals surface area contributed by atoms with Crippen molar-refractivity contribution in [3.05, 3.63) is 63.4 Å². The van der Waals surface area contributed by atoms with E-state index in [1.165, 1.54) is 17.4 Å². The van der Waals surface area contributed by atoms with Crippen LogP contribution in [0.25, 0.3) is 22.4 Å². The first-order valence-corrected chi connectivity index (χ1v) is 6.67. The van der Waals surface area contributed by atoms with Gasteiger partial charge in [0, 0.05) is 24.5 Å². The Hall–Kier alpha value is -2.60. The van der Waals surface area contributed by atoms with Crippen molar-refractivity contribution in [2.45, 2.75) is 0 Å². The number of hydrogen-bond acceptors (Lipinski definition) is 5. The molecule has 1 aromatic carbocycles. The Morgan fingerprint density at radius 2 is 2.15 bits per heavy atom. The van der Waals surface area contributed by atoms with E-state index in [-0.39, 0.29) is 5.69 Å². The monoisotopic (exact) mass is 283 g/mol. The SMILES string of the molecule is O=[N+]([O-])c1ccc2nc(/C=C/c3cccnc3)sc2c1. The lowest BCUT2D eigenvalue weighted by Gasteiger charge is -1.88. The van der Waals surface area contributed by atoms with Gasteiger partial charge < -0.3 is 0 Å². The summed E-state index contributed by atoms with van der Waals surface area (Å²) in [6, 6.07) is 8.50. The third kappa shape index (κ3) is 2.55. The molecule has 0 saturated heterocycles. The van der Waals surface area contributed by atoms with Gasteiger partial charge in [-0.25, -0.2) is 4.98 Å². The first-order chi connectivity index (χ1) is 9.72. The van der Waals surface area contributed by atoms with Crippen LogP contribution >= 0.6 is 11.3 Å². The number of benzene rings is 1. The Kier molecular flexibility index (Phi) is 3.22. The van der Waals surface area contributed by atoms with E-state index in [2.05, 4.69) is 9.97 Å². The molecule has 0 spiro atoms. The Labute approximate surface area is 118 Å². The summed E-state index contributed by atoms with van der Waals surface area (Å²) in [6.07, 6.45) is 7.27. The maximum absolute atomic E-state index is 10.7. The average molecular weight is 283 g/mol. The first kappa shape index (κ1) is 12.4. The number of pyridine rings is 1. The molecule has 2 aromatic heterocycles. The van der Waals surface area contributed by atoms with Crippen LogP contribution in [-0.4, -0.2) is 14.9 Å². The molecule has 6 heteroatoms. The highest BCUT2D eigenvalue weighted by molar-refractivity contribution is 7.19. The van der Waals surface area contributed by atoms with Crippen LogP contribution in [0.1, 0.15) is 10.6 Å². The van der Waals surface area contributed by atoms with E-state index < -0.39 is 4.92 Å². The molecule has 0 aliphatic heterocycles. The summed E-state index contributed by atoms with van der Waals surface area (Å²) in [5.74, 6) is 0. The Morgan fingerprint density at radius 1 is 1.25 bits per heavy atom. The van der Waals surface area contributed by atoms with Crippen LogP contribution < -0.4 is 0 Å². The van der Waals surface area contributed by atoms with Crippen LogP contribution in [-0.2, 0) is 0 Å². The number of nitro benzene ring substituents is 1. The van der Waals surface area contributed by atoms with Gasteiger partial charge in [-0.15, -0.1) is 11.3 Å². The van der Waals surface area contributed by atoms with Gasteiger partial charge >= 0.3 is 0 Å². The molecule has 5 nitrogen and oxygen atoms in total. The van der Waals surface area contributed by atoms with Crippen LogP contribution in [0.15, 0.2) is 42.7 Å². The zero-order chi connectivity index (χ0) is 13.9. The minimum absolute atomic E-state index is 0.0870. The van der Waals surface area contributed by atoms with Crippen molar-refractivity contribution in [1.29, 1.82) is 0 Å². The molecule has 0 bridgehead atoms. The van der Waals surface area contributed by atoms with Gasteiger partial charge in [-0.2, -0.15) is 0 Å². The molecule has 0 N–H and O–H groups in total. The van der Waals surface area contributed by atoms with E-state index in [0.29, 0.717) is 0 Å². The predicted molar refractivity (Wildman–Crippen MR) is 79.4 cm³/mol. The standard InChI is InChI=1S/C14H9N3O2S/c18-17(19)11-4-5-12-13(8-11)20-14(16-12)6-3-10-2-1-7-15-9-10/h1-9H/b6-3+. The molecule has 20 heavy (non-hydrogen) atoms. The Balaban J connectivity index is 1.93. The van der Waals surface area contributed by atoms with Gasteiger partial charge in [0.15, 0.2) is 0 Å². The van der Waals surface area contributed by atoms with Crippen molar-refractivity contribution >= 4 is 39.4 Å². The van der Waals surface area contributed by atoms with E-state index in [9.17, 15) is 10.1 Å². The highest BCUT2D eigenvalue weighted by Gasteiger charge is 2.08. The normalized spacial score (nSPS) is 11.2. The van der Waals surface area contributed by atoms with E-state index in [4.69, 9.17) is 0 Å². The lowest BCUT2D eigenvalue weighted by molar-refractivity contribution is -0.384. The van der Waals surface area contributed by atoms with Crippen molar-refractivity contribution < 1.29 is 4.92 Å². The highest BCUT2D eigenvalue weighted by Crippen LogP contribution is 2.27. The molecular weight excluding hydrogens is 274 g/mol. The molecule has 0 aliphatic rings. The molecule has 3 aromatic rings. The molecule has 3 rings (SSSR count). The van der Waals surface area contributed by atoms with Gasteiger partial charge in [-0.3, -0.25) is 15.1 Å². The van der Waals surface area contributed by atoms with Crippen LogP contribution in [0.2, 0.25) is 0 Å². The molecule has 2 heterocycles. The number of rotatable bonds is 3. The number of thiazole rings is 1. The van der Waals surface area contributed by atoms with E-state index in [1.54, 1.807) is 24.5 Å². The molecular formula is C14H9N3O2S. The summed E-state index contributed by atoms with van der Waals surface area (Å²) in [7, 11) is 0. The van der Waals surface area contributed by atoms with Gasteiger partial charge in [-0.05, 0) is 23.8 Å². The lowest BCUT2D eigenvalue weighted by atomic mass is 10.2. The second-order valence-corrected chi connectivity index (χ2v) is 5.14. The second-order valence-electron chi connectivity index (χ2n) is 4.08. The smallest absolute Gasteiger partial charge is 0.264 e. The maximum Gasteiger partial charge on any atom is 0.270 e. The number of nitro groups is 1. The lowest BCUT2D eigenvalue weighted by Crippen LogP contribution is -1.85. The minimum Gasteiger partial charge on any atom is -0.264 e. The molecule has 0 radical (unpaired) electrons. The van der Waals surface area contributed by atoms with Crippen molar-refractivity contribution in [3.63, 3.8) is 0 Å². The number of fused-ring (bicyclic) bond motifs is 1. The molecule has 98 valence electrons. The molecule has 0 amide bonds. The fraction of sp³-hybridized carbons (Fsp3) is 0. The van der Waals surface area contributed by atoms with Gasteiger partial charge in [-0.1, -0.05) is 12.1 Å². The van der Waals surface area contributed by atoms with Crippen LogP contribution in [0, 0.1) is 10.1 Å². The third-order valence-corrected chi connectivity index (χ3v) is 3.69. The fourth-order valence-electron chi connectivity index (χ4n) is 1.76. The van der Waals surface area contributed by atoms with Crippen LogP contribution in [0.4, 0.5) is 5.69 Å². The first-order valence-electron chi connectivity index (χ1n) is 5.85. The van der Waals surface area contributed by atoms with E-state index >= 15 is 0 Å². The molecule has 0 fully saturated rings. The summed E-state index contributed by atoms with van der Waals surface area (Å²) in [6.45, 7) is 0. The summed E-state index contributed by atoms with van der Waals surface area (Å²) >= 11 is 1.43. The Morgan fingerprint density at radius 3 is 2.90 bits per heavy atom. The van der Waals surface area contributed by atoms with Crippen molar-refractivity contribution in [2.24, 2.45) is 0 Å². The Bertz CT molecular complexity index is 797. The third-order valence-electron chi connectivity index (χ3n) is 2.70. The zero-order valence-corrected chi connectivity index (χ0v) is 11.1. The molecule has 0 atom stereocenters. The maximum atomic E-state index is 10.7. The molecule has 0 aliphatic carbocycles. The van der Waals surface area contributed by atoms with Crippen molar-refractivity contribution in [2.75, 3.05) is 0 Å². The molecule has 0 unspecified atom stereocenters. The topological polar surface area (TPSA) is 68.9 Å². The predicted octanol–water partition coefficient (Wildman–Crippen LogP) is 3.77. The minimum atomic E-state index is -0.399. The van der Waals surface area contributed by atoms with Crippen molar-refractivity contribution in [3.8, 4) is 0 Å². The number of non-ortho nitro benzene ring substituents is 1. The van der Waals surface area contributed by atoms with Gasteiger partial charge in [0.05, 0.1) is 15.1 Å². The second kappa shape index (κ2) is 5.18. The van der Waals surface area contributed by atoms with Crippen LogP contribution in [0.5, 0.6) is 0 Å². The largest absolute Gasteiger partial charge is 0.270 e. The number of aromatic nitrogens is 2. The van der Waals surface area contributed by atoms with E-state index in [0.717, 1.165) is 20.8 Å². The van der Waals surface area contributed by atoms with Crippen LogP contribution in [0.3, 0.4) is 0 Å². The fourth-order valence-corrected chi connectivity index (χ4v) is 2.66. The number of hydrogen-bond donors (Lipinski definition) is 0. The summed E-state index contributed by atoms with van der Waals surface area (Å²) in [5, 5.41) is 11.5. The summed E-state index contributed by atoms with van der Waals surface area (Å²) in [5.41, 5.74) is 1.84. The number of nitrogens with zero attached hydrogens (tertiary/aromatic N) is 3.